The molecule has 25 heavy (non-hydrogen) atoms. The summed E-state index contributed by atoms with van der Waals surface area (Å²) < 4.78 is 5.83. The average molecular weight is 356 g/mol. The van der Waals surface area contributed by atoms with Gasteiger partial charge in [-0.3, -0.25) is 0 Å². The normalized spacial score (nSPS) is 15.2. The number of carbonyl (C=O) groups is 1. The Morgan fingerprint density at radius 2 is 1.92 bits per heavy atom. The summed E-state index contributed by atoms with van der Waals surface area (Å²) in [7, 11) is 0. The van der Waals surface area contributed by atoms with E-state index in [4.69, 9.17) is 21.2 Å². The van der Waals surface area contributed by atoms with Gasteiger partial charge >= 0.3 is 5.97 Å². The number of ether oxygens (including phenoxy) is 1. The molecule has 1 aliphatic rings. The van der Waals surface area contributed by atoms with Crippen molar-refractivity contribution in [3.63, 3.8) is 0 Å². The highest BCUT2D eigenvalue weighted by Gasteiger charge is 2.27. The number of hydrogen-bond donors (Lipinski definition) is 0. The van der Waals surface area contributed by atoms with Crippen LogP contribution >= 0.6 is 11.6 Å². The second kappa shape index (κ2) is 7.99. The van der Waals surface area contributed by atoms with Crippen LogP contribution in [0.15, 0.2) is 59.3 Å². The zero-order valence-corrected chi connectivity index (χ0v) is 14.6. The molecule has 0 amide bonds. The van der Waals surface area contributed by atoms with Crippen LogP contribution in [0.2, 0.25) is 5.02 Å². The Bertz CT molecular complexity index is 825. The molecule has 2 aromatic rings. The second-order valence-electron chi connectivity index (χ2n) is 5.62. The highest BCUT2D eigenvalue weighted by Crippen LogP contribution is 2.26. The molecule has 0 radical (unpaired) electrons. The van der Waals surface area contributed by atoms with E-state index in [2.05, 4.69) is 12.1 Å². The van der Waals surface area contributed by atoms with Crippen molar-refractivity contribution in [3.05, 3.63) is 70.3 Å². The average Bonchev–Trinajstić information content (AvgIpc) is 2.98. The van der Waals surface area contributed by atoms with E-state index in [0.717, 1.165) is 29.7 Å². The minimum Gasteiger partial charge on any atom is -0.493 e. The maximum Gasteiger partial charge on any atom is 0.368 e. The van der Waals surface area contributed by atoms with Crippen molar-refractivity contribution in [2.24, 2.45) is 5.16 Å². The topological polar surface area (TPSA) is 47.9 Å². The Morgan fingerprint density at radius 1 is 1.16 bits per heavy atom. The maximum absolute atomic E-state index is 12.1. The lowest BCUT2D eigenvalue weighted by Gasteiger charge is -2.09. The van der Waals surface area contributed by atoms with Gasteiger partial charge in [-0.2, -0.15) is 0 Å². The third kappa shape index (κ3) is 4.09. The van der Waals surface area contributed by atoms with Crippen molar-refractivity contribution in [2.45, 2.75) is 19.8 Å². The van der Waals surface area contributed by atoms with E-state index in [-0.39, 0.29) is 0 Å². The summed E-state index contributed by atoms with van der Waals surface area (Å²) in [5, 5.41) is 4.53. The van der Waals surface area contributed by atoms with E-state index in [1.54, 1.807) is 30.3 Å². The minimum atomic E-state index is -0.478. The second-order valence-corrected chi connectivity index (χ2v) is 6.06. The number of nitrogens with zero attached hydrogens (tertiary/aromatic N) is 1. The Hall–Kier alpha value is -2.59. The molecule has 0 atom stereocenters. The van der Waals surface area contributed by atoms with E-state index < -0.39 is 5.97 Å². The SMILES string of the molecule is CCCCOc1ccccc1C=C1C(=O)ON=C1c1ccc(Cl)cc1. The van der Waals surface area contributed by atoms with Gasteiger partial charge in [-0.25, -0.2) is 4.79 Å². The van der Waals surface area contributed by atoms with Crippen LogP contribution in [0.5, 0.6) is 5.75 Å². The molecule has 0 aromatic heterocycles. The molecule has 5 heteroatoms. The molecule has 4 nitrogen and oxygen atoms in total. The summed E-state index contributed by atoms with van der Waals surface area (Å²) in [6.45, 7) is 2.75. The standard InChI is InChI=1S/C20H18ClNO3/c1-2-3-12-24-18-7-5-4-6-15(18)13-17-19(22-25-20(17)23)14-8-10-16(21)11-9-14/h4-11,13H,2-3,12H2,1H3. The Balaban J connectivity index is 1.92. The van der Waals surface area contributed by atoms with Gasteiger partial charge in [-0.05, 0) is 30.7 Å². The van der Waals surface area contributed by atoms with Gasteiger partial charge in [0.05, 0.1) is 12.2 Å². The monoisotopic (exact) mass is 355 g/mol. The summed E-state index contributed by atoms with van der Waals surface area (Å²) in [5.74, 6) is 0.256. The first-order chi connectivity index (χ1) is 12.2. The van der Waals surface area contributed by atoms with Crippen molar-refractivity contribution < 1.29 is 14.4 Å². The number of hydrogen-bond acceptors (Lipinski definition) is 4. The van der Waals surface area contributed by atoms with Crippen LogP contribution < -0.4 is 4.74 Å². The lowest BCUT2D eigenvalue weighted by Crippen LogP contribution is -2.07. The number of halogens is 1. The Morgan fingerprint density at radius 3 is 2.68 bits per heavy atom. The number of oxime groups is 1. The maximum atomic E-state index is 12.1. The van der Waals surface area contributed by atoms with Crippen molar-refractivity contribution in [3.8, 4) is 5.75 Å². The van der Waals surface area contributed by atoms with Gasteiger partial charge in [0.1, 0.15) is 11.5 Å². The van der Waals surface area contributed by atoms with Gasteiger partial charge in [0, 0.05) is 16.1 Å². The summed E-state index contributed by atoms with van der Waals surface area (Å²) in [6.07, 6.45) is 3.79. The molecule has 0 N–H and O–H groups in total. The molecule has 1 heterocycles. The predicted molar refractivity (Wildman–Crippen MR) is 98.9 cm³/mol. The largest absolute Gasteiger partial charge is 0.493 e. The zero-order chi connectivity index (χ0) is 17.6. The van der Waals surface area contributed by atoms with Crippen molar-refractivity contribution in [2.75, 3.05) is 6.61 Å². The lowest BCUT2D eigenvalue weighted by molar-refractivity contribution is -0.136. The van der Waals surface area contributed by atoms with Crippen LogP contribution in [-0.4, -0.2) is 18.3 Å². The Labute approximate surface area is 151 Å². The van der Waals surface area contributed by atoms with Crippen LogP contribution in [0.3, 0.4) is 0 Å². The molecule has 0 saturated heterocycles. The quantitative estimate of drug-likeness (QED) is 0.422. The summed E-state index contributed by atoms with van der Waals surface area (Å²) in [6, 6.07) is 14.7. The van der Waals surface area contributed by atoms with E-state index in [9.17, 15) is 4.79 Å². The molecule has 0 saturated carbocycles. The highest BCUT2D eigenvalue weighted by atomic mass is 35.5. The third-order valence-electron chi connectivity index (χ3n) is 3.79. The zero-order valence-electron chi connectivity index (χ0n) is 13.9. The van der Waals surface area contributed by atoms with Gasteiger partial charge < -0.3 is 9.57 Å². The van der Waals surface area contributed by atoms with Crippen LogP contribution in [0.4, 0.5) is 0 Å². The fourth-order valence-corrected chi connectivity index (χ4v) is 2.56. The summed E-state index contributed by atoms with van der Waals surface area (Å²) in [4.78, 5) is 17.0. The Kier molecular flexibility index (Phi) is 5.51. The predicted octanol–water partition coefficient (Wildman–Crippen LogP) is 4.86. The molecule has 3 rings (SSSR count). The van der Waals surface area contributed by atoms with Crippen molar-refractivity contribution >= 4 is 29.4 Å². The first kappa shape index (κ1) is 17.2. The molecule has 0 unspecified atom stereocenters. The van der Waals surface area contributed by atoms with Crippen molar-refractivity contribution in [1.29, 1.82) is 0 Å². The fourth-order valence-electron chi connectivity index (χ4n) is 2.44. The van der Waals surface area contributed by atoms with Gasteiger partial charge in [0.15, 0.2) is 0 Å². The highest BCUT2D eigenvalue weighted by molar-refractivity contribution is 6.32. The molecule has 0 spiro atoms. The number of carbonyl (C=O) groups excluding carboxylic acids is 1. The number of para-hydroxylation sites is 1. The van der Waals surface area contributed by atoms with Crippen LogP contribution in [0.25, 0.3) is 6.08 Å². The third-order valence-corrected chi connectivity index (χ3v) is 4.04. The van der Waals surface area contributed by atoms with Crippen LogP contribution in [0.1, 0.15) is 30.9 Å². The van der Waals surface area contributed by atoms with Gasteiger partial charge in [-0.1, -0.05) is 60.4 Å². The van der Waals surface area contributed by atoms with E-state index >= 15 is 0 Å². The minimum absolute atomic E-state index is 0.397. The van der Waals surface area contributed by atoms with E-state index in [1.807, 2.05) is 24.3 Å². The fraction of sp³-hybridized carbons (Fsp3) is 0.200. The van der Waals surface area contributed by atoms with Gasteiger partial charge in [-0.15, -0.1) is 0 Å². The molecule has 0 fully saturated rings. The molecule has 1 aliphatic heterocycles. The first-order valence-electron chi connectivity index (χ1n) is 8.18. The molecule has 2 aromatic carbocycles. The summed E-state index contributed by atoms with van der Waals surface area (Å²) >= 11 is 5.93. The molecular weight excluding hydrogens is 338 g/mol. The van der Waals surface area contributed by atoms with E-state index in [0.29, 0.717) is 22.9 Å². The molecule has 0 bridgehead atoms. The van der Waals surface area contributed by atoms with Crippen LogP contribution in [-0.2, 0) is 9.63 Å². The molecular formula is C20H18ClNO3. The van der Waals surface area contributed by atoms with Crippen LogP contribution in [0, 0.1) is 0 Å². The molecule has 0 aliphatic carbocycles. The first-order valence-corrected chi connectivity index (χ1v) is 8.56. The van der Waals surface area contributed by atoms with Gasteiger partial charge in [0.25, 0.3) is 0 Å². The van der Waals surface area contributed by atoms with Crippen molar-refractivity contribution in [1.82, 2.24) is 0 Å². The smallest absolute Gasteiger partial charge is 0.368 e. The molecule has 128 valence electrons. The van der Waals surface area contributed by atoms with Gasteiger partial charge in [0.2, 0.25) is 0 Å². The summed E-state index contributed by atoms with van der Waals surface area (Å²) in [5.41, 5.74) is 2.47. The number of unbranched alkanes of at least 4 members (excludes halogenated alkanes) is 1. The van der Waals surface area contributed by atoms with E-state index in [1.165, 1.54) is 0 Å². The number of benzene rings is 2. The number of rotatable bonds is 6. The lowest BCUT2D eigenvalue weighted by atomic mass is 10.0.